The summed E-state index contributed by atoms with van der Waals surface area (Å²) in [5.41, 5.74) is 0. The smallest absolute Gasteiger partial charge is 0.387 e. The standard InChI is InChI=1S/C10H12ClF2NO4S/c1-6(5-15)14-19(16,17)7-2-3-9(8(11)4-7)18-10(12)13/h2-4,6,10,14-15H,5H2,1H3. The number of benzene rings is 1. The Kier molecular flexibility index (Phi) is 5.48. The molecule has 1 rings (SSSR count). The van der Waals surface area contributed by atoms with E-state index in [1.807, 2.05) is 0 Å². The van der Waals surface area contributed by atoms with Gasteiger partial charge in [0, 0.05) is 6.04 Å². The van der Waals surface area contributed by atoms with Gasteiger partial charge in [0.15, 0.2) is 0 Å². The lowest BCUT2D eigenvalue weighted by Crippen LogP contribution is -2.34. The molecule has 0 fully saturated rings. The number of aliphatic hydroxyl groups excluding tert-OH is 1. The second-order valence-corrected chi connectivity index (χ2v) is 5.80. The van der Waals surface area contributed by atoms with Gasteiger partial charge < -0.3 is 9.84 Å². The molecule has 1 unspecified atom stereocenters. The van der Waals surface area contributed by atoms with Crippen molar-refractivity contribution < 1.29 is 27.0 Å². The van der Waals surface area contributed by atoms with E-state index in [9.17, 15) is 17.2 Å². The van der Waals surface area contributed by atoms with Crippen molar-refractivity contribution in [1.29, 1.82) is 0 Å². The highest BCUT2D eigenvalue weighted by atomic mass is 35.5. The molecule has 0 aliphatic rings. The summed E-state index contributed by atoms with van der Waals surface area (Å²) in [5.74, 6) is -0.314. The second-order valence-electron chi connectivity index (χ2n) is 3.68. The molecular weight excluding hydrogens is 304 g/mol. The fourth-order valence-corrected chi connectivity index (χ4v) is 2.76. The third kappa shape index (κ3) is 4.57. The lowest BCUT2D eigenvalue weighted by Gasteiger charge is -2.13. The van der Waals surface area contributed by atoms with Crippen molar-refractivity contribution >= 4 is 21.6 Å². The Morgan fingerprint density at radius 3 is 2.58 bits per heavy atom. The van der Waals surface area contributed by atoms with Crippen LogP contribution in [0.2, 0.25) is 5.02 Å². The predicted octanol–water partition coefficient (Wildman–Crippen LogP) is 1.60. The normalized spacial score (nSPS) is 13.6. The van der Waals surface area contributed by atoms with E-state index in [-0.39, 0.29) is 22.3 Å². The fraction of sp³-hybridized carbons (Fsp3) is 0.400. The Bertz CT molecular complexity index is 538. The zero-order chi connectivity index (χ0) is 14.6. The number of ether oxygens (including phenoxy) is 1. The predicted molar refractivity (Wildman–Crippen MR) is 65.0 cm³/mol. The van der Waals surface area contributed by atoms with E-state index in [2.05, 4.69) is 9.46 Å². The van der Waals surface area contributed by atoms with Crippen molar-refractivity contribution in [3.8, 4) is 5.75 Å². The minimum absolute atomic E-state index is 0.209. The van der Waals surface area contributed by atoms with Crippen molar-refractivity contribution in [3.63, 3.8) is 0 Å². The Balaban J connectivity index is 3.00. The Morgan fingerprint density at radius 1 is 1.47 bits per heavy atom. The van der Waals surface area contributed by atoms with Crippen LogP contribution in [0.3, 0.4) is 0 Å². The molecule has 0 aromatic heterocycles. The van der Waals surface area contributed by atoms with Crippen LogP contribution in [0, 0.1) is 0 Å². The topological polar surface area (TPSA) is 75.6 Å². The minimum atomic E-state index is -3.88. The molecule has 0 saturated heterocycles. The number of hydrogen-bond acceptors (Lipinski definition) is 4. The quantitative estimate of drug-likeness (QED) is 0.836. The fourth-order valence-electron chi connectivity index (χ4n) is 1.21. The SMILES string of the molecule is CC(CO)NS(=O)(=O)c1ccc(OC(F)F)c(Cl)c1. The second kappa shape index (κ2) is 6.47. The van der Waals surface area contributed by atoms with Gasteiger partial charge in [0.2, 0.25) is 10.0 Å². The van der Waals surface area contributed by atoms with Crippen molar-refractivity contribution in [2.75, 3.05) is 6.61 Å². The van der Waals surface area contributed by atoms with Gasteiger partial charge in [-0.3, -0.25) is 0 Å². The average molecular weight is 316 g/mol. The summed E-state index contributed by atoms with van der Waals surface area (Å²) in [6, 6.07) is 2.43. The summed E-state index contributed by atoms with van der Waals surface area (Å²) in [5, 5.41) is 8.54. The number of hydrogen-bond donors (Lipinski definition) is 2. The van der Waals surface area contributed by atoms with E-state index in [1.165, 1.54) is 6.92 Å². The molecule has 2 N–H and O–H groups in total. The first kappa shape index (κ1) is 16.1. The summed E-state index contributed by atoms with van der Waals surface area (Å²) in [7, 11) is -3.88. The van der Waals surface area contributed by atoms with Crippen LogP contribution in [0.5, 0.6) is 5.75 Å². The van der Waals surface area contributed by atoms with E-state index in [0.29, 0.717) is 0 Å². The first-order valence-electron chi connectivity index (χ1n) is 5.14. The van der Waals surface area contributed by atoms with Gasteiger partial charge in [-0.2, -0.15) is 8.78 Å². The summed E-state index contributed by atoms with van der Waals surface area (Å²) in [4.78, 5) is -0.209. The number of halogens is 3. The van der Waals surface area contributed by atoms with Crippen LogP contribution in [-0.2, 0) is 10.0 Å². The lowest BCUT2D eigenvalue weighted by atomic mass is 10.3. The zero-order valence-electron chi connectivity index (χ0n) is 9.81. The molecule has 5 nitrogen and oxygen atoms in total. The maximum atomic E-state index is 12.0. The van der Waals surface area contributed by atoms with E-state index >= 15 is 0 Å². The first-order chi connectivity index (χ1) is 8.76. The maximum absolute atomic E-state index is 12.0. The van der Waals surface area contributed by atoms with Crippen molar-refractivity contribution in [3.05, 3.63) is 23.2 Å². The molecule has 0 heterocycles. The molecule has 0 bridgehead atoms. The number of sulfonamides is 1. The number of nitrogens with one attached hydrogen (secondary N) is 1. The monoisotopic (exact) mass is 315 g/mol. The van der Waals surface area contributed by atoms with Crippen LogP contribution >= 0.6 is 11.6 Å². The van der Waals surface area contributed by atoms with Crippen LogP contribution in [0.1, 0.15) is 6.92 Å². The van der Waals surface area contributed by atoms with Gasteiger partial charge >= 0.3 is 6.61 Å². The highest BCUT2D eigenvalue weighted by Gasteiger charge is 2.19. The van der Waals surface area contributed by atoms with E-state index < -0.39 is 22.7 Å². The van der Waals surface area contributed by atoms with Gasteiger partial charge in [0.05, 0.1) is 16.5 Å². The third-order valence-corrected chi connectivity index (χ3v) is 3.94. The van der Waals surface area contributed by atoms with Crippen molar-refractivity contribution in [2.45, 2.75) is 24.5 Å². The van der Waals surface area contributed by atoms with Crippen LogP contribution in [0.25, 0.3) is 0 Å². The van der Waals surface area contributed by atoms with Crippen molar-refractivity contribution in [1.82, 2.24) is 4.72 Å². The maximum Gasteiger partial charge on any atom is 0.387 e. The number of rotatable bonds is 6. The van der Waals surface area contributed by atoms with Gasteiger partial charge in [0.1, 0.15) is 5.75 Å². The van der Waals surface area contributed by atoms with Crippen LogP contribution < -0.4 is 9.46 Å². The van der Waals surface area contributed by atoms with E-state index in [4.69, 9.17) is 16.7 Å². The van der Waals surface area contributed by atoms with E-state index in [1.54, 1.807) is 0 Å². The molecule has 0 aliphatic carbocycles. The zero-order valence-corrected chi connectivity index (χ0v) is 11.4. The summed E-state index contributed by atoms with van der Waals surface area (Å²) in [6.45, 7) is -1.96. The molecule has 0 saturated carbocycles. The lowest BCUT2D eigenvalue weighted by molar-refractivity contribution is -0.0498. The van der Waals surface area contributed by atoms with E-state index in [0.717, 1.165) is 18.2 Å². The molecule has 108 valence electrons. The summed E-state index contributed by atoms with van der Waals surface area (Å²) >= 11 is 5.65. The molecule has 1 aromatic carbocycles. The van der Waals surface area contributed by atoms with Crippen LogP contribution in [0.15, 0.2) is 23.1 Å². The van der Waals surface area contributed by atoms with Gasteiger partial charge in [0.25, 0.3) is 0 Å². The Morgan fingerprint density at radius 2 is 2.11 bits per heavy atom. The Labute approximate surface area is 114 Å². The summed E-state index contributed by atoms with van der Waals surface area (Å²) in [6.07, 6.45) is 0. The molecule has 9 heteroatoms. The van der Waals surface area contributed by atoms with Crippen LogP contribution in [0.4, 0.5) is 8.78 Å². The molecular formula is C10H12ClF2NO4S. The molecule has 19 heavy (non-hydrogen) atoms. The van der Waals surface area contributed by atoms with Crippen LogP contribution in [-0.4, -0.2) is 32.8 Å². The van der Waals surface area contributed by atoms with Gasteiger partial charge in [-0.1, -0.05) is 11.6 Å². The number of alkyl halides is 2. The van der Waals surface area contributed by atoms with Crippen molar-refractivity contribution in [2.24, 2.45) is 0 Å². The number of aliphatic hydroxyl groups is 1. The molecule has 1 atom stereocenters. The molecule has 0 spiro atoms. The molecule has 0 amide bonds. The average Bonchev–Trinajstić information content (AvgIpc) is 2.30. The minimum Gasteiger partial charge on any atom is -0.433 e. The summed E-state index contributed by atoms with van der Waals surface area (Å²) < 4.78 is 53.9. The largest absolute Gasteiger partial charge is 0.433 e. The molecule has 0 aliphatic heterocycles. The van der Waals surface area contributed by atoms with Gasteiger partial charge in [-0.25, -0.2) is 13.1 Å². The Hall–Kier alpha value is -0.960. The third-order valence-electron chi connectivity index (χ3n) is 2.06. The highest BCUT2D eigenvalue weighted by Crippen LogP contribution is 2.28. The van der Waals surface area contributed by atoms with Gasteiger partial charge in [-0.05, 0) is 25.1 Å². The molecule has 0 radical (unpaired) electrons. The van der Waals surface area contributed by atoms with Gasteiger partial charge in [-0.15, -0.1) is 0 Å². The molecule has 1 aromatic rings. The first-order valence-corrected chi connectivity index (χ1v) is 7.00. The highest BCUT2D eigenvalue weighted by molar-refractivity contribution is 7.89.